The summed E-state index contributed by atoms with van der Waals surface area (Å²) in [5, 5.41) is 10.8. The van der Waals surface area contributed by atoms with Gasteiger partial charge in [-0.05, 0) is 19.1 Å². The van der Waals surface area contributed by atoms with Gasteiger partial charge in [0.05, 0.1) is 11.5 Å². The molecular formula is C17H25N5O6S. The zero-order valence-electron chi connectivity index (χ0n) is 16.3. The maximum Gasteiger partial charge on any atom is 0.409 e. The first kappa shape index (κ1) is 21.3. The number of rotatable bonds is 5. The van der Waals surface area contributed by atoms with E-state index in [0.717, 1.165) is 5.69 Å². The van der Waals surface area contributed by atoms with Gasteiger partial charge in [0.1, 0.15) is 0 Å². The van der Waals surface area contributed by atoms with Crippen molar-refractivity contribution < 1.29 is 22.9 Å². The Morgan fingerprint density at radius 1 is 1.00 bits per heavy atom. The second kappa shape index (κ2) is 8.93. The van der Waals surface area contributed by atoms with Crippen molar-refractivity contribution >= 4 is 27.7 Å². The van der Waals surface area contributed by atoms with Gasteiger partial charge in [-0.3, -0.25) is 10.1 Å². The van der Waals surface area contributed by atoms with Crippen molar-refractivity contribution in [2.24, 2.45) is 0 Å². The van der Waals surface area contributed by atoms with Crippen LogP contribution in [0.5, 0.6) is 0 Å². The molecule has 29 heavy (non-hydrogen) atoms. The van der Waals surface area contributed by atoms with E-state index in [9.17, 15) is 23.3 Å². The molecule has 11 nitrogen and oxygen atoms in total. The minimum absolute atomic E-state index is 0.0249. The Balaban J connectivity index is 1.54. The monoisotopic (exact) mass is 427 g/mol. The highest BCUT2D eigenvalue weighted by atomic mass is 32.2. The lowest BCUT2D eigenvalue weighted by atomic mass is 10.2. The topological polar surface area (TPSA) is 117 Å². The molecule has 0 unspecified atom stereocenters. The van der Waals surface area contributed by atoms with Gasteiger partial charge in [-0.15, -0.1) is 0 Å². The summed E-state index contributed by atoms with van der Waals surface area (Å²) in [5.41, 5.74) is 0.854. The molecule has 160 valence electrons. The maximum atomic E-state index is 12.9. The van der Waals surface area contributed by atoms with Crippen LogP contribution in [0.15, 0.2) is 24.3 Å². The summed E-state index contributed by atoms with van der Waals surface area (Å²) in [6.07, 6.45) is -0.415. The van der Waals surface area contributed by atoms with E-state index in [2.05, 4.69) is 0 Å². The Hall–Kier alpha value is -2.44. The van der Waals surface area contributed by atoms with E-state index in [1.54, 1.807) is 19.1 Å². The fraction of sp³-hybridized carbons (Fsp3) is 0.588. The largest absolute Gasteiger partial charge is 0.450 e. The SMILES string of the molecule is CCOC(=O)N1CCN(S(=O)(=O)N2CCN(c3ccc([N+](=O)[O-])cc3)CC2)CC1. The van der Waals surface area contributed by atoms with Gasteiger partial charge in [0.25, 0.3) is 15.9 Å². The normalized spacial score (nSPS) is 19.2. The van der Waals surface area contributed by atoms with Crippen LogP contribution in [0.3, 0.4) is 0 Å². The van der Waals surface area contributed by atoms with E-state index in [0.29, 0.717) is 39.3 Å². The summed E-state index contributed by atoms with van der Waals surface area (Å²) in [4.78, 5) is 25.6. The van der Waals surface area contributed by atoms with E-state index < -0.39 is 21.2 Å². The Kier molecular flexibility index (Phi) is 6.55. The second-order valence-electron chi connectivity index (χ2n) is 6.75. The predicted molar refractivity (Wildman–Crippen MR) is 106 cm³/mol. The average Bonchev–Trinajstić information content (AvgIpc) is 2.74. The predicted octanol–water partition coefficient (Wildman–Crippen LogP) is 0.736. The van der Waals surface area contributed by atoms with Gasteiger partial charge < -0.3 is 14.5 Å². The quantitative estimate of drug-likeness (QED) is 0.502. The standard InChI is InChI=1S/C17H25N5O6S/c1-2-28-17(23)19-9-13-21(14-10-19)29(26,27)20-11-7-18(8-12-20)15-3-5-16(6-4-15)22(24)25/h3-6H,2,7-14H2,1H3. The second-order valence-corrected chi connectivity index (χ2v) is 8.68. The van der Waals surface area contributed by atoms with Crippen molar-refractivity contribution in [2.45, 2.75) is 6.92 Å². The molecule has 0 atom stereocenters. The number of ether oxygens (including phenoxy) is 1. The Labute approximate surface area is 169 Å². The van der Waals surface area contributed by atoms with Crippen molar-refractivity contribution in [1.29, 1.82) is 0 Å². The highest BCUT2D eigenvalue weighted by molar-refractivity contribution is 7.86. The third kappa shape index (κ3) is 4.77. The number of nitro benzene ring substituents is 1. The lowest BCUT2D eigenvalue weighted by molar-refractivity contribution is -0.384. The van der Waals surface area contributed by atoms with Crippen molar-refractivity contribution in [2.75, 3.05) is 63.9 Å². The lowest BCUT2D eigenvalue weighted by Crippen LogP contribution is -2.57. The number of piperazine rings is 2. The molecule has 0 N–H and O–H groups in total. The fourth-order valence-corrected chi connectivity index (χ4v) is 5.02. The summed E-state index contributed by atoms with van der Waals surface area (Å²) in [5.74, 6) is 0. The van der Waals surface area contributed by atoms with Crippen LogP contribution >= 0.6 is 0 Å². The highest BCUT2D eigenvalue weighted by Gasteiger charge is 2.35. The number of nitrogens with zero attached hydrogens (tertiary/aromatic N) is 5. The average molecular weight is 427 g/mol. The van der Waals surface area contributed by atoms with Gasteiger partial charge in [-0.25, -0.2) is 4.79 Å². The van der Waals surface area contributed by atoms with Crippen LogP contribution in [-0.4, -0.2) is 91.9 Å². The molecule has 0 aromatic heterocycles. The number of anilines is 1. The molecule has 0 saturated carbocycles. The number of non-ortho nitro benzene ring substituents is 1. The molecule has 2 heterocycles. The van der Waals surface area contributed by atoms with E-state index in [1.807, 2.05) is 4.90 Å². The molecule has 0 bridgehead atoms. The van der Waals surface area contributed by atoms with E-state index in [4.69, 9.17) is 4.74 Å². The summed E-state index contributed by atoms with van der Waals surface area (Å²) in [6.45, 7) is 4.77. The highest BCUT2D eigenvalue weighted by Crippen LogP contribution is 2.22. The number of carbonyl (C=O) groups excluding carboxylic acids is 1. The third-order valence-electron chi connectivity index (χ3n) is 5.08. The summed E-state index contributed by atoms with van der Waals surface area (Å²) < 4.78 is 33.7. The molecular weight excluding hydrogens is 402 g/mol. The molecule has 2 saturated heterocycles. The summed E-state index contributed by atoms with van der Waals surface area (Å²) in [7, 11) is -3.60. The molecule has 0 radical (unpaired) electrons. The Morgan fingerprint density at radius 3 is 2.00 bits per heavy atom. The van der Waals surface area contributed by atoms with Gasteiger partial charge in [-0.1, -0.05) is 0 Å². The summed E-state index contributed by atoms with van der Waals surface area (Å²) in [6, 6.07) is 6.25. The van der Waals surface area contributed by atoms with Gasteiger partial charge in [0.15, 0.2) is 0 Å². The number of amides is 1. The number of carbonyl (C=O) groups is 1. The van der Waals surface area contributed by atoms with Gasteiger partial charge in [-0.2, -0.15) is 17.0 Å². The number of hydrogen-bond acceptors (Lipinski definition) is 7. The van der Waals surface area contributed by atoms with Crippen LogP contribution in [0, 0.1) is 10.1 Å². The van der Waals surface area contributed by atoms with Crippen LogP contribution in [-0.2, 0) is 14.9 Å². The zero-order valence-corrected chi connectivity index (χ0v) is 17.1. The smallest absolute Gasteiger partial charge is 0.409 e. The molecule has 2 fully saturated rings. The molecule has 3 rings (SSSR count). The van der Waals surface area contributed by atoms with Crippen LogP contribution in [0.4, 0.5) is 16.2 Å². The van der Waals surface area contributed by atoms with Crippen LogP contribution in [0.1, 0.15) is 6.92 Å². The van der Waals surface area contributed by atoms with Gasteiger partial charge in [0, 0.05) is 70.2 Å². The van der Waals surface area contributed by atoms with Crippen LogP contribution in [0.2, 0.25) is 0 Å². The molecule has 1 aromatic rings. The van der Waals surface area contributed by atoms with Gasteiger partial charge in [0.2, 0.25) is 0 Å². The van der Waals surface area contributed by atoms with E-state index >= 15 is 0 Å². The van der Waals surface area contributed by atoms with Crippen molar-refractivity contribution in [3.05, 3.63) is 34.4 Å². The van der Waals surface area contributed by atoms with E-state index in [-0.39, 0.29) is 25.4 Å². The van der Waals surface area contributed by atoms with Crippen molar-refractivity contribution in [3.63, 3.8) is 0 Å². The lowest BCUT2D eigenvalue weighted by Gasteiger charge is -2.40. The van der Waals surface area contributed by atoms with Crippen molar-refractivity contribution in [3.8, 4) is 0 Å². The van der Waals surface area contributed by atoms with Crippen molar-refractivity contribution in [1.82, 2.24) is 13.5 Å². The third-order valence-corrected chi connectivity index (χ3v) is 7.12. The Morgan fingerprint density at radius 2 is 1.52 bits per heavy atom. The minimum atomic E-state index is -3.60. The minimum Gasteiger partial charge on any atom is -0.450 e. The van der Waals surface area contributed by atoms with Crippen LogP contribution in [0.25, 0.3) is 0 Å². The molecule has 0 spiro atoms. The maximum absolute atomic E-state index is 12.9. The summed E-state index contributed by atoms with van der Waals surface area (Å²) >= 11 is 0. The molecule has 2 aliphatic rings. The van der Waals surface area contributed by atoms with Gasteiger partial charge >= 0.3 is 6.09 Å². The molecule has 1 amide bonds. The van der Waals surface area contributed by atoms with E-state index in [1.165, 1.54) is 25.6 Å². The first-order valence-corrected chi connectivity index (χ1v) is 10.9. The molecule has 12 heteroatoms. The molecule has 0 aliphatic carbocycles. The first-order chi connectivity index (χ1) is 13.8. The molecule has 2 aliphatic heterocycles. The fourth-order valence-electron chi connectivity index (χ4n) is 3.44. The number of hydrogen-bond donors (Lipinski definition) is 0. The Bertz CT molecular complexity index is 830. The molecule has 1 aromatic carbocycles. The number of nitro groups is 1. The van der Waals surface area contributed by atoms with Crippen LogP contribution < -0.4 is 4.90 Å². The first-order valence-electron chi connectivity index (χ1n) is 9.49. The zero-order chi connectivity index (χ0) is 21.0. The number of benzene rings is 1.